The van der Waals surface area contributed by atoms with E-state index >= 15 is 0 Å². The van der Waals surface area contributed by atoms with Crippen LogP contribution in [0.2, 0.25) is 0 Å². The van der Waals surface area contributed by atoms with Crippen LogP contribution in [-0.2, 0) is 11.3 Å². The summed E-state index contributed by atoms with van der Waals surface area (Å²) < 4.78 is 40.8. The Morgan fingerprint density at radius 2 is 2.29 bits per heavy atom. The van der Waals surface area contributed by atoms with Crippen molar-refractivity contribution in [2.45, 2.75) is 31.8 Å². The first-order valence-corrected chi connectivity index (χ1v) is 6.78. The van der Waals surface area contributed by atoms with E-state index in [0.29, 0.717) is 4.47 Å². The second-order valence-electron chi connectivity index (χ2n) is 4.75. The molecule has 1 aromatic heterocycles. The molecule has 1 N–H and O–H groups in total. The number of amides is 1. The lowest BCUT2D eigenvalue weighted by molar-refractivity contribution is -0.303. The fourth-order valence-electron chi connectivity index (χ4n) is 1.91. The van der Waals surface area contributed by atoms with Crippen molar-refractivity contribution in [1.82, 2.24) is 14.8 Å². The SMILES string of the molecule is C[C@H](Cn1cc(Br)cn1)C(=O)N1N=CC[C@@]1(O)C(F)(F)F. The Hall–Kier alpha value is -1.42. The average Bonchev–Trinajstić information content (AvgIpc) is 2.95. The summed E-state index contributed by atoms with van der Waals surface area (Å²) in [6.07, 6.45) is -1.79. The van der Waals surface area contributed by atoms with E-state index in [1.807, 2.05) is 0 Å². The number of carbonyl (C=O) groups is 1. The van der Waals surface area contributed by atoms with Crippen LogP contribution in [0.15, 0.2) is 22.0 Å². The van der Waals surface area contributed by atoms with Crippen molar-refractivity contribution in [1.29, 1.82) is 0 Å². The third-order valence-electron chi connectivity index (χ3n) is 3.07. The summed E-state index contributed by atoms with van der Waals surface area (Å²) in [5.74, 6) is -1.75. The highest BCUT2D eigenvalue weighted by molar-refractivity contribution is 9.10. The molecule has 0 aliphatic carbocycles. The molecule has 1 aliphatic rings. The molecule has 2 rings (SSSR count). The number of hydrogen-bond donors (Lipinski definition) is 1. The Morgan fingerprint density at radius 3 is 2.81 bits per heavy atom. The van der Waals surface area contributed by atoms with Crippen molar-refractivity contribution in [3.05, 3.63) is 16.9 Å². The summed E-state index contributed by atoms with van der Waals surface area (Å²) in [6, 6.07) is 0. The molecule has 116 valence electrons. The number of aromatic nitrogens is 2. The molecule has 6 nitrogen and oxygen atoms in total. The maximum absolute atomic E-state index is 12.9. The molecule has 10 heteroatoms. The Balaban J connectivity index is 2.13. The zero-order valence-electron chi connectivity index (χ0n) is 10.9. The van der Waals surface area contributed by atoms with Crippen LogP contribution < -0.4 is 0 Å². The predicted molar refractivity (Wildman–Crippen MR) is 70.1 cm³/mol. The number of nitrogens with zero attached hydrogens (tertiary/aromatic N) is 4. The van der Waals surface area contributed by atoms with Crippen molar-refractivity contribution in [3.63, 3.8) is 0 Å². The minimum absolute atomic E-state index is 0.0738. The summed E-state index contributed by atoms with van der Waals surface area (Å²) in [6.45, 7) is 1.52. The van der Waals surface area contributed by atoms with Crippen LogP contribution in [0, 0.1) is 5.92 Å². The van der Waals surface area contributed by atoms with Gasteiger partial charge in [-0.2, -0.15) is 28.4 Å². The van der Waals surface area contributed by atoms with Gasteiger partial charge in [-0.15, -0.1) is 0 Å². The first-order chi connectivity index (χ1) is 9.65. The zero-order valence-corrected chi connectivity index (χ0v) is 12.5. The molecule has 1 aliphatic heterocycles. The fraction of sp³-hybridized carbons (Fsp3) is 0.545. The van der Waals surface area contributed by atoms with Gasteiger partial charge in [0.15, 0.2) is 0 Å². The smallest absolute Gasteiger partial charge is 0.362 e. The van der Waals surface area contributed by atoms with E-state index in [1.54, 1.807) is 6.20 Å². The van der Waals surface area contributed by atoms with Gasteiger partial charge in [0.2, 0.25) is 5.91 Å². The second kappa shape index (κ2) is 5.41. The fourth-order valence-corrected chi connectivity index (χ4v) is 2.24. The van der Waals surface area contributed by atoms with Crippen LogP contribution in [0.3, 0.4) is 0 Å². The highest BCUT2D eigenvalue weighted by Crippen LogP contribution is 2.39. The van der Waals surface area contributed by atoms with Gasteiger partial charge in [0.25, 0.3) is 5.72 Å². The van der Waals surface area contributed by atoms with Gasteiger partial charge in [-0.05, 0) is 15.9 Å². The molecule has 1 aromatic rings. The van der Waals surface area contributed by atoms with Crippen molar-refractivity contribution in [2.75, 3.05) is 0 Å². The Morgan fingerprint density at radius 1 is 1.62 bits per heavy atom. The Kier molecular flexibility index (Phi) is 4.11. The lowest BCUT2D eigenvalue weighted by atomic mass is 10.1. The first kappa shape index (κ1) is 16.0. The van der Waals surface area contributed by atoms with E-state index in [2.05, 4.69) is 26.1 Å². The van der Waals surface area contributed by atoms with Crippen LogP contribution in [0.4, 0.5) is 13.2 Å². The van der Waals surface area contributed by atoms with Gasteiger partial charge in [-0.25, -0.2) is 0 Å². The Labute approximate surface area is 126 Å². The van der Waals surface area contributed by atoms with Crippen molar-refractivity contribution >= 4 is 28.1 Å². The van der Waals surface area contributed by atoms with E-state index in [1.165, 1.54) is 17.8 Å². The number of carbonyl (C=O) groups excluding carboxylic acids is 1. The van der Waals surface area contributed by atoms with Gasteiger partial charge in [0.1, 0.15) is 0 Å². The third kappa shape index (κ3) is 2.95. The van der Waals surface area contributed by atoms with Gasteiger partial charge in [0, 0.05) is 18.8 Å². The summed E-state index contributed by atoms with van der Waals surface area (Å²) >= 11 is 3.18. The molecule has 2 atom stereocenters. The van der Waals surface area contributed by atoms with Crippen LogP contribution in [0.25, 0.3) is 0 Å². The molecule has 21 heavy (non-hydrogen) atoms. The maximum atomic E-state index is 12.9. The average molecular weight is 369 g/mol. The number of hydrazone groups is 1. The van der Waals surface area contributed by atoms with E-state index in [9.17, 15) is 23.1 Å². The second-order valence-corrected chi connectivity index (χ2v) is 5.66. The normalized spacial score (nSPS) is 23.6. The standard InChI is InChI=1S/C11H12BrF3N4O2/c1-7(5-18-6-8(12)4-17-18)9(20)19-10(21,2-3-16-19)11(13,14)15/h3-4,6-7,21H,2,5H2,1H3/t7-,10-/m1/s1. The molecular formula is C11H12BrF3N4O2. The van der Waals surface area contributed by atoms with Crippen LogP contribution in [0.1, 0.15) is 13.3 Å². The molecule has 0 aromatic carbocycles. The molecule has 0 bridgehead atoms. The van der Waals surface area contributed by atoms with Gasteiger partial charge >= 0.3 is 6.18 Å². The minimum Gasteiger partial charge on any atom is -0.362 e. The number of rotatable bonds is 3. The molecule has 0 fully saturated rings. The zero-order chi connectivity index (χ0) is 15.8. The molecule has 2 heterocycles. The summed E-state index contributed by atoms with van der Waals surface area (Å²) in [5, 5.41) is 17.1. The largest absolute Gasteiger partial charge is 0.438 e. The quantitative estimate of drug-likeness (QED) is 0.883. The van der Waals surface area contributed by atoms with Crippen LogP contribution in [0.5, 0.6) is 0 Å². The van der Waals surface area contributed by atoms with Gasteiger partial charge in [0.05, 0.1) is 23.1 Å². The predicted octanol–water partition coefficient (Wildman–Crippen LogP) is 1.75. The summed E-state index contributed by atoms with van der Waals surface area (Å²) in [4.78, 5) is 12.1. The van der Waals surface area contributed by atoms with Crippen molar-refractivity contribution in [2.24, 2.45) is 11.0 Å². The minimum atomic E-state index is -4.98. The van der Waals surface area contributed by atoms with Crippen molar-refractivity contribution < 1.29 is 23.1 Å². The van der Waals surface area contributed by atoms with E-state index in [0.717, 1.165) is 6.21 Å². The highest BCUT2D eigenvalue weighted by Gasteiger charge is 2.61. The number of hydrogen-bond acceptors (Lipinski definition) is 4. The van der Waals surface area contributed by atoms with Gasteiger partial charge in [-0.3, -0.25) is 9.48 Å². The number of aliphatic hydroxyl groups is 1. The van der Waals surface area contributed by atoms with Gasteiger partial charge < -0.3 is 5.11 Å². The Bertz CT molecular complexity index is 574. The van der Waals surface area contributed by atoms with Crippen molar-refractivity contribution in [3.8, 4) is 0 Å². The van der Waals surface area contributed by atoms with Crippen LogP contribution >= 0.6 is 15.9 Å². The maximum Gasteiger partial charge on any atom is 0.438 e. The van der Waals surface area contributed by atoms with E-state index < -0.39 is 30.1 Å². The molecule has 0 radical (unpaired) electrons. The summed E-state index contributed by atoms with van der Waals surface area (Å²) in [5.41, 5.74) is -3.27. The monoisotopic (exact) mass is 368 g/mol. The first-order valence-electron chi connectivity index (χ1n) is 5.99. The van der Waals surface area contributed by atoms with E-state index in [-0.39, 0.29) is 11.6 Å². The molecule has 0 saturated carbocycles. The molecule has 0 spiro atoms. The topological polar surface area (TPSA) is 70.7 Å². The summed E-state index contributed by atoms with van der Waals surface area (Å²) in [7, 11) is 0. The molecule has 0 unspecified atom stereocenters. The lowest BCUT2D eigenvalue weighted by Gasteiger charge is -2.33. The third-order valence-corrected chi connectivity index (χ3v) is 3.48. The van der Waals surface area contributed by atoms with Gasteiger partial charge in [-0.1, -0.05) is 6.92 Å². The lowest BCUT2D eigenvalue weighted by Crippen LogP contribution is -2.57. The van der Waals surface area contributed by atoms with Crippen LogP contribution in [-0.4, -0.2) is 43.9 Å². The molecule has 1 amide bonds. The van der Waals surface area contributed by atoms with E-state index in [4.69, 9.17) is 0 Å². The molecular weight excluding hydrogens is 357 g/mol. The molecule has 0 saturated heterocycles. The number of halogens is 4. The highest BCUT2D eigenvalue weighted by atomic mass is 79.9. The number of alkyl halides is 3.